The molecule has 1 fully saturated rings. The van der Waals surface area contributed by atoms with Gasteiger partial charge in [0.2, 0.25) is 10.0 Å². The van der Waals surface area contributed by atoms with Crippen molar-refractivity contribution >= 4 is 45.2 Å². The van der Waals surface area contributed by atoms with E-state index < -0.39 is 10.0 Å². The lowest BCUT2D eigenvalue weighted by atomic mass is 10.1. The van der Waals surface area contributed by atoms with E-state index in [9.17, 15) is 8.42 Å². The van der Waals surface area contributed by atoms with Crippen molar-refractivity contribution in [1.29, 1.82) is 0 Å². The van der Waals surface area contributed by atoms with Gasteiger partial charge in [-0.3, -0.25) is 4.98 Å². The minimum atomic E-state index is -3.69. The SMILES string of the molecule is Cl.O=S(=O)(c1cccc2nsnc12)N1CCNCC1c1cccnc1. The van der Waals surface area contributed by atoms with Gasteiger partial charge in [0.25, 0.3) is 0 Å². The van der Waals surface area contributed by atoms with Crippen LogP contribution in [0.2, 0.25) is 0 Å². The quantitative estimate of drug-likeness (QED) is 0.725. The Morgan fingerprint density at radius 3 is 2.88 bits per heavy atom. The lowest BCUT2D eigenvalue weighted by Crippen LogP contribution is -2.48. The summed E-state index contributed by atoms with van der Waals surface area (Å²) in [4.78, 5) is 4.33. The highest BCUT2D eigenvalue weighted by Gasteiger charge is 2.35. The molecule has 10 heteroatoms. The highest BCUT2D eigenvalue weighted by Crippen LogP contribution is 2.31. The Labute approximate surface area is 155 Å². The van der Waals surface area contributed by atoms with Crippen LogP contribution in [0.25, 0.3) is 11.0 Å². The van der Waals surface area contributed by atoms with Crippen LogP contribution >= 0.6 is 24.1 Å². The van der Waals surface area contributed by atoms with Crippen LogP contribution in [0.15, 0.2) is 47.6 Å². The standard InChI is InChI=1S/C15H15N5O2S2.ClH/c21-24(22,14-5-1-4-12-15(14)19-23-18-12)20-8-7-17-10-13(20)11-3-2-6-16-9-11;/h1-6,9,13,17H,7-8,10H2;1H. The number of pyridine rings is 1. The van der Waals surface area contributed by atoms with Gasteiger partial charge >= 0.3 is 0 Å². The van der Waals surface area contributed by atoms with Gasteiger partial charge in [-0.15, -0.1) is 12.4 Å². The van der Waals surface area contributed by atoms with Crippen LogP contribution in [0.3, 0.4) is 0 Å². The molecule has 7 nitrogen and oxygen atoms in total. The number of hydrogen-bond donors (Lipinski definition) is 1. The average Bonchev–Trinajstić information content (AvgIpc) is 3.11. The van der Waals surface area contributed by atoms with Crippen molar-refractivity contribution in [2.75, 3.05) is 19.6 Å². The summed E-state index contributed by atoms with van der Waals surface area (Å²) in [7, 11) is -3.69. The second-order valence-electron chi connectivity index (χ2n) is 5.51. The number of hydrogen-bond acceptors (Lipinski definition) is 7. The number of fused-ring (bicyclic) bond motifs is 1. The summed E-state index contributed by atoms with van der Waals surface area (Å²) in [6.45, 7) is 1.56. The summed E-state index contributed by atoms with van der Waals surface area (Å²) < 4.78 is 36.4. The Morgan fingerprint density at radius 2 is 2.08 bits per heavy atom. The fraction of sp³-hybridized carbons (Fsp3) is 0.267. The zero-order valence-electron chi connectivity index (χ0n) is 13.1. The molecule has 132 valence electrons. The number of benzene rings is 1. The highest BCUT2D eigenvalue weighted by molar-refractivity contribution is 7.89. The molecule has 1 aliphatic rings. The van der Waals surface area contributed by atoms with Crippen LogP contribution in [0.5, 0.6) is 0 Å². The van der Waals surface area contributed by atoms with E-state index >= 15 is 0 Å². The molecule has 0 saturated carbocycles. The molecule has 4 rings (SSSR count). The number of nitrogens with zero attached hydrogens (tertiary/aromatic N) is 4. The van der Waals surface area contributed by atoms with Crippen LogP contribution in [-0.4, -0.2) is 46.1 Å². The third-order valence-corrected chi connectivity index (χ3v) is 6.58. The summed E-state index contributed by atoms with van der Waals surface area (Å²) >= 11 is 1.02. The van der Waals surface area contributed by atoms with Crippen molar-refractivity contribution in [2.45, 2.75) is 10.9 Å². The third kappa shape index (κ3) is 3.25. The number of aromatic nitrogens is 3. The molecule has 1 aliphatic heterocycles. The van der Waals surface area contributed by atoms with Crippen molar-refractivity contribution < 1.29 is 8.42 Å². The molecule has 1 saturated heterocycles. The Kier molecular flexibility index (Phi) is 5.30. The first kappa shape index (κ1) is 18.2. The molecular formula is C15H16ClN5O2S2. The number of piperazine rings is 1. The molecule has 1 unspecified atom stereocenters. The fourth-order valence-electron chi connectivity index (χ4n) is 2.95. The van der Waals surface area contributed by atoms with Gasteiger partial charge in [0.05, 0.1) is 17.8 Å². The van der Waals surface area contributed by atoms with Crippen LogP contribution in [0.1, 0.15) is 11.6 Å². The zero-order valence-corrected chi connectivity index (χ0v) is 15.5. The van der Waals surface area contributed by atoms with E-state index in [1.54, 1.807) is 30.6 Å². The zero-order chi connectivity index (χ0) is 16.6. The molecule has 25 heavy (non-hydrogen) atoms. The van der Waals surface area contributed by atoms with Crippen LogP contribution in [0.4, 0.5) is 0 Å². The molecule has 3 heterocycles. The first-order chi connectivity index (χ1) is 11.7. The van der Waals surface area contributed by atoms with E-state index in [2.05, 4.69) is 19.0 Å². The summed E-state index contributed by atoms with van der Waals surface area (Å²) in [5.74, 6) is 0. The largest absolute Gasteiger partial charge is 0.313 e. The Bertz CT molecular complexity index is 964. The first-order valence-corrected chi connectivity index (χ1v) is 9.69. The minimum absolute atomic E-state index is 0. The van der Waals surface area contributed by atoms with Gasteiger partial charge in [-0.05, 0) is 23.8 Å². The lowest BCUT2D eigenvalue weighted by molar-refractivity contribution is 0.271. The maximum absolute atomic E-state index is 13.3. The normalized spacial score (nSPS) is 18.8. The van der Waals surface area contributed by atoms with Crippen molar-refractivity contribution in [3.8, 4) is 0 Å². The minimum Gasteiger partial charge on any atom is -0.313 e. The summed E-state index contributed by atoms with van der Waals surface area (Å²) in [5.41, 5.74) is 1.91. The number of rotatable bonds is 3. The number of sulfonamides is 1. The molecule has 1 aromatic carbocycles. The second kappa shape index (κ2) is 7.30. The molecular weight excluding hydrogens is 382 g/mol. The third-order valence-electron chi connectivity index (χ3n) is 4.10. The highest BCUT2D eigenvalue weighted by atomic mass is 35.5. The van der Waals surface area contributed by atoms with E-state index in [0.29, 0.717) is 30.7 Å². The smallest absolute Gasteiger partial charge is 0.245 e. The summed E-state index contributed by atoms with van der Waals surface area (Å²) in [5, 5.41) is 3.26. The van der Waals surface area contributed by atoms with Gasteiger partial charge in [-0.25, -0.2) is 8.42 Å². The van der Waals surface area contributed by atoms with Gasteiger partial charge in [-0.2, -0.15) is 13.1 Å². The molecule has 0 amide bonds. The number of halogens is 1. The summed E-state index contributed by atoms with van der Waals surface area (Å²) in [6, 6.07) is 8.50. The molecule has 2 aromatic heterocycles. The predicted octanol–water partition coefficient (Wildman–Crippen LogP) is 1.84. The van der Waals surface area contributed by atoms with Gasteiger partial charge < -0.3 is 5.32 Å². The van der Waals surface area contributed by atoms with E-state index in [4.69, 9.17) is 0 Å². The summed E-state index contributed by atoms with van der Waals surface area (Å²) in [6.07, 6.45) is 3.39. The molecule has 0 spiro atoms. The monoisotopic (exact) mass is 397 g/mol. The van der Waals surface area contributed by atoms with Crippen molar-refractivity contribution in [2.24, 2.45) is 0 Å². The Hall–Kier alpha value is -1.65. The maximum atomic E-state index is 13.3. The van der Waals surface area contributed by atoms with Crippen LogP contribution < -0.4 is 5.32 Å². The van der Waals surface area contributed by atoms with Crippen molar-refractivity contribution in [1.82, 2.24) is 23.4 Å². The van der Waals surface area contributed by atoms with Crippen molar-refractivity contribution in [3.63, 3.8) is 0 Å². The number of nitrogens with one attached hydrogen (secondary N) is 1. The second-order valence-corrected chi connectivity index (χ2v) is 7.90. The van der Waals surface area contributed by atoms with Gasteiger partial charge in [0.1, 0.15) is 15.9 Å². The van der Waals surface area contributed by atoms with Gasteiger partial charge in [0, 0.05) is 32.0 Å². The molecule has 1 N–H and O–H groups in total. The Morgan fingerprint density at radius 1 is 1.20 bits per heavy atom. The topological polar surface area (TPSA) is 88.1 Å². The molecule has 1 atom stereocenters. The van der Waals surface area contributed by atoms with Gasteiger partial charge in [-0.1, -0.05) is 12.1 Å². The fourth-order valence-corrected chi connectivity index (χ4v) is 5.31. The van der Waals surface area contributed by atoms with Crippen LogP contribution in [0, 0.1) is 0 Å². The average molecular weight is 398 g/mol. The van der Waals surface area contributed by atoms with E-state index in [-0.39, 0.29) is 23.3 Å². The molecule has 0 bridgehead atoms. The predicted molar refractivity (Wildman–Crippen MR) is 98.4 cm³/mol. The van der Waals surface area contributed by atoms with Crippen molar-refractivity contribution in [3.05, 3.63) is 48.3 Å². The first-order valence-electron chi connectivity index (χ1n) is 7.52. The molecule has 0 aliphatic carbocycles. The maximum Gasteiger partial charge on any atom is 0.245 e. The van der Waals surface area contributed by atoms with E-state index in [1.807, 2.05) is 12.1 Å². The lowest BCUT2D eigenvalue weighted by Gasteiger charge is -2.35. The van der Waals surface area contributed by atoms with E-state index in [0.717, 1.165) is 17.3 Å². The van der Waals surface area contributed by atoms with Gasteiger partial charge in [0.15, 0.2) is 0 Å². The Balaban J connectivity index is 0.00000182. The van der Waals surface area contributed by atoms with Crippen LogP contribution in [-0.2, 0) is 10.0 Å². The molecule has 0 radical (unpaired) electrons. The van der Waals surface area contributed by atoms with E-state index in [1.165, 1.54) is 4.31 Å². The molecule has 3 aromatic rings.